The third-order valence-corrected chi connectivity index (χ3v) is 6.43. The Morgan fingerprint density at radius 2 is 1.51 bits per heavy atom. The van der Waals surface area contributed by atoms with Crippen molar-refractivity contribution in [2.75, 3.05) is 7.11 Å². The molecule has 0 unspecified atom stereocenters. The first kappa shape index (κ1) is 22.5. The Kier molecular flexibility index (Phi) is 5.87. The quantitative estimate of drug-likeness (QED) is 0.264. The summed E-state index contributed by atoms with van der Waals surface area (Å²) in [6.45, 7) is 0. The second-order valence-electron chi connectivity index (χ2n) is 8.67. The molecule has 0 radical (unpaired) electrons. The van der Waals surface area contributed by atoms with Gasteiger partial charge in [0.15, 0.2) is 23.0 Å². The summed E-state index contributed by atoms with van der Waals surface area (Å²) >= 11 is 0. The smallest absolute Gasteiger partial charge is 0.204 e. The van der Waals surface area contributed by atoms with Crippen molar-refractivity contribution in [2.24, 2.45) is 0 Å². The van der Waals surface area contributed by atoms with Crippen LogP contribution in [0.15, 0.2) is 66.7 Å². The van der Waals surface area contributed by atoms with Crippen LogP contribution in [0, 0.1) is 0 Å². The minimum atomic E-state index is -0.165. The third kappa shape index (κ3) is 4.30. The number of benzene rings is 4. The van der Waals surface area contributed by atoms with Gasteiger partial charge in [-0.3, -0.25) is 0 Å². The monoisotopic (exact) mass is 470 g/mol. The predicted molar refractivity (Wildman–Crippen MR) is 133 cm³/mol. The van der Waals surface area contributed by atoms with E-state index in [-0.39, 0.29) is 28.7 Å². The Morgan fingerprint density at radius 1 is 0.743 bits per heavy atom. The van der Waals surface area contributed by atoms with Gasteiger partial charge in [-0.2, -0.15) is 0 Å². The molecule has 1 aliphatic rings. The van der Waals surface area contributed by atoms with Gasteiger partial charge in [-0.1, -0.05) is 24.3 Å². The Morgan fingerprint density at radius 3 is 2.26 bits per heavy atom. The van der Waals surface area contributed by atoms with E-state index in [9.17, 15) is 20.4 Å². The van der Waals surface area contributed by atoms with Gasteiger partial charge in [0.25, 0.3) is 0 Å². The summed E-state index contributed by atoms with van der Waals surface area (Å²) in [5, 5.41) is 40.6. The van der Waals surface area contributed by atoms with Gasteiger partial charge in [0.05, 0.1) is 7.11 Å². The molecular weight excluding hydrogens is 444 g/mol. The summed E-state index contributed by atoms with van der Waals surface area (Å²) in [5.74, 6) is 1.09. The van der Waals surface area contributed by atoms with Crippen molar-refractivity contribution >= 4 is 0 Å². The first-order chi connectivity index (χ1) is 16.9. The van der Waals surface area contributed by atoms with Crippen molar-refractivity contribution in [2.45, 2.75) is 25.7 Å². The molecule has 5 rings (SSSR count). The lowest BCUT2D eigenvalue weighted by Crippen LogP contribution is -2.07. The molecule has 0 atom stereocenters. The molecule has 35 heavy (non-hydrogen) atoms. The van der Waals surface area contributed by atoms with Crippen molar-refractivity contribution in [1.29, 1.82) is 0 Å². The largest absolute Gasteiger partial charge is 0.508 e. The van der Waals surface area contributed by atoms with Gasteiger partial charge >= 0.3 is 0 Å². The van der Waals surface area contributed by atoms with Crippen molar-refractivity contribution in [3.63, 3.8) is 0 Å². The summed E-state index contributed by atoms with van der Waals surface area (Å²) in [6, 6.07) is 19.8. The maximum Gasteiger partial charge on any atom is 0.204 e. The first-order valence-electron chi connectivity index (χ1n) is 11.5. The van der Waals surface area contributed by atoms with E-state index in [1.54, 1.807) is 24.3 Å². The molecule has 0 saturated carbocycles. The Labute approximate surface area is 203 Å². The van der Waals surface area contributed by atoms with Gasteiger partial charge in [-0.05, 0) is 90.4 Å². The molecule has 4 aromatic carbocycles. The molecule has 4 aromatic rings. The fourth-order valence-corrected chi connectivity index (χ4v) is 4.68. The second kappa shape index (κ2) is 9.14. The van der Waals surface area contributed by atoms with Crippen molar-refractivity contribution in [3.8, 4) is 51.4 Å². The number of aromatic hydroxyl groups is 4. The van der Waals surface area contributed by atoms with Gasteiger partial charge in [-0.25, -0.2) is 0 Å². The molecule has 6 heteroatoms. The highest BCUT2D eigenvalue weighted by atomic mass is 16.5. The molecule has 4 N–H and O–H groups in total. The van der Waals surface area contributed by atoms with E-state index in [1.807, 2.05) is 36.4 Å². The first-order valence-corrected chi connectivity index (χ1v) is 11.5. The van der Waals surface area contributed by atoms with E-state index < -0.39 is 0 Å². The molecule has 0 spiro atoms. The summed E-state index contributed by atoms with van der Waals surface area (Å²) in [7, 11) is 1.47. The highest BCUT2D eigenvalue weighted by Gasteiger charge is 2.28. The van der Waals surface area contributed by atoms with Gasteiger partial charge in [-0.15, -0.1) is 0 Å². The van der Waals surface area contributed by atoms with Crippen LogP contribution >= 0.6 is 0 Å². The summed E-state index contributed by atoms with van der Waals surface area (Å²) in [5.41, 5.74) is 5.16. The van der Waals surface area contributed by atoms with Crippen LogP contribution in [0.25, 0.3) is 11.1 Å². The second-order valence-corrected chi connectivity index (χ2v) is 8.67. The Hall–Kier alpha value is -4.32. The molecule has 0 amide bonds. The Bertz CT molecular complexity index is 1390. The summed E-state index contributed by atoms with van der Waals surface area (Å²) < 4.78 is 11.8. The SMILES string of the molecule is COc1c(O)cc2c(c1Oc1ccc(CCc3cccc(O)c3)cc1)-c1ccc(O)c(O)c1CC2. The fraction of sp³-hybridized carbons (Fsp3) is 0.172. The molecule has 0 aromatic heterocycles. The van der Waals surface area contributed by atoms with Crippen molar-refractivity contribution in [3.05, 3.63) is 89.0 Å². The minimum Gasteiger partial charge on any atom is -0.508 e. The zero-order chi connectivity index (χ0) is 24.5. The number of hydrogen-bond acceptors (Lipinski definition) is 6. The van der Waals surface area contributed by atoms with E-state index >= 15 is 0 Å². The van der Waals surface area contributed by atoms with Gasteiger partial charge < -0.3 is 29.9 Å². The number of methoxy groups -OCH3 is 1. The number of hydrogen-bond donors (Lipinski definition) is 4. The number of phenols is 4. The number of aryl methyl sites for hydroxylation is 3. The average Bonchev–Trinajstić information content (AvgIpc) is 2.85. The number of phenolic OH excluding ortho intramolecular Hbond substituents is 4. The van der Waals surface area contributed by atoms with Crippen LogP contribution in [0.5, 0.6) is 40.2 Å². The lowest BCUT2D eigenvalue weighted by atomic mass is 9.84. The summed E-state index contributed by atoms with van der Waals surface area (Å²) in [4.78, 5) is 0. The van der Waals surface area contributed by atoms with Crippen LogP contribution in [0.3, 0.4) is 0 Å². The Balaban J connectivity index is 1.46. The standard InChI is InChI=1S/C29H26O6/c1-34-28-25(32)16-19-9-12-23-22(13-14-24(31)27(23)33)26(19)29(28)35-21-10-7-17(8-11-21)5-6-18-3-2-4-20(30)15-18/h2-4,7-8,10-11,13-16,30-33H,5-6,9,12H2,1H3. The molecule has 1 aliphatic carbocycles. The van der Waals surface area contributed by atoms with E-state index in [1.165, 1.54) is 13.2 Å². The van der Waals surface area contributed by atoms with Crippen LogP contribution in [0.2, 0.25) is 0 Å². The molecule has 0 aliphatic heterocycles. The normalized spacial score (nSPS) is 12.0. The summed E-state index contributed by atoms with van der Waals surface area (Å²) in [6.07, 6.45) is 2.71. The fourth-order valence-electron chi connectivity index (χ4n) is 4.68. The van der Waals surface area contributed by atoms with Crippen LogP contribution in [0.4, 0.5) is 0 Å². The molecule has 0 bridgehead atoms. The third-order valence-electron chi connectivity index (χ3n) is 6.43. The van der Waals surface area contributed by atoms with Crippen LogP contribution < -0.4 is 9.47 Å². The topological polar surface area (TPSA) is 99.4 Å². The average molecular weight is 471 g/mol. The maximum atomic E-state index is 10.6. The molecule has 6 nitrogen and oxygen atoms in total. The van der Waals surface area contributed by atoms with Crippen molar-refractivity contribution < 1.29 is 29.9 Å². The lowest BCUT2D eigenvalue weighted by molar-refractivity contribution is 0.348. The molecule has 0 heterocycles. The maximum absolute atomic E-state index is 10.6. The minimum absolute atomic E-state index is 0.0181. The van der Waals surface area contributed by atoms with Crippen LogP contribution in [0.1, 0.15) is 22.3 Å². The number of ether oxygens (including phenoxy) is 2. The van der Waals surface area contributed by atoms with Crippen LogP contribution in [-0.2, 0) is 25.7 Å². The van der Waals surface area contributed by atoms with Gasteiger partial charge in [0.2, 0.25) is 5.75 Å². The lowest BCUT2D eigenvalue weighted by Gasteiger charge is -2.25. The molecule has 178 valence electrons. The zero-order valence-corrected chi connectivity index (χ0v) is 19.3. The van der Waals surface area contributed by atoms with Crippen LogP contribution in [-0.4, -0.2) is 27.5 Å². The van der Waals surface area contributed by atoms with E-state index in [0.717, 1.165) is 40.7 Å². The molecule has 0 fully saturated rings. The predicted octanol–water partition coefficient (Wildman–Crippen LogP) is 5.86. The highest BCUT2D eigenvalue weighted by Crippen LogP contribution is 2.52. The van der Waals surface area contributed by atoms with Gasteiger partial charge in [0.1, 0.15) is 11.5 Å². The van der Waals surface area contributed by atoms with E-state index in [4.69, 9.17) is 9.47 Å². The van der Waals surface area contributed by atoms with Gasteiger partial charge in [0, 0.05) is 11.1 Å². The van der Waals surface area contributed by atoms with Crippen molar-refractivity contribution in [1.82, 2.24) is 0 Å². The highest BCUT2D eigenvalue weighted by molar-refractivity contribution is 5.85. The van der Waals surface area contributed by atoms with E-state index in [0.29, 0.717) is 29.9 Å². The zero-order valence-electron chi connectivity index (χ0n) is 19.3. The number of rotatable bonds is 6. The molecular formula is C29H26O6. The number of fused-ring (bicyclic) bond motifs is 3. The molecule has 0 saturated heterocycles. The van der Waals surface area contributed by atoms with E-state index in [2.05, 4.69) is 0 Å².